The largest absolute Gasteiger partial charge is 0.507 e. The van der Waals surface area contributed by atoms with Gasteiger partial charge in [0.25, 0.3) is 5.78 Å². The SMILES string of the molecule is CCOC(=O)C(=O)/C=C(\O)c1cn(Cc2ccccc2Cl)c2cccc(OC)c12. The van der Waals surface area contributed by atoms with E-state index in [2.05, 4.69) is 4.74 Å². The Morgan fingerprint density at radius 1 is 1.17 bits per heavy atom. The topological polar surface area (TPSA) is 77.8 Å². The van der Waals surface area contributed by atoms with Gasteiger partial charge in [-0.2, -0.15) is 0 Å². The van der Waals surface area contributed by atoms with Gasteiger partial charge in [0, 0.05) is 29.4 Å². The number of nitrogens with zero attached hydrogens (tertiary/aromatic N) is 1. The molecule has 0 saturated carbocycles. The minimum absolute atomic E-state index is 0.0736. The van der Waals surface area contributed by atoms with E-state index in [1.165, 1.54) is 7.11 Å². The Kier molecular flexibility index (Phi) is 6.24. The molecule has 0 unspecified atom stereocenters. The molecule has 0 atom stereocenters. The standard InChI is InChI=1S/C22H20ClNO5/c1-3-29-22(27)19(26)11-18(25)15-13-24(12-14-7-4-5-8-16(14)23)17-9-6-10-20(28-2)21(15)17/h4-11,13,25H,3,12H2,1-2H3/b18-11-. The lowest BCUT2D eigenvalue weighted by Gasteiger charge is -2.08. The number of methoxy groups -OCH3 is 1. The van der Waals surface area contributed by atoms with Crippen LogP contribution in [0.2, 0.25) is 5.02 Å². The molecule has 1 aromatic heterocycles. The maximum Gasteiger partial charge on any atom is 0.379 e. The van der Waals surface area contributed by atoms with Crippen LogP contribution in [0.25, 0.3) is 16.7 Å². The summed E-state index contributed by atoms with van der Waals surface area (Å²) >= 11 is 6.29. The molecule has 1 heterocycles. The fraction of sp³-hybridized carbons (Fsp3) is 0.182. The minimum atomic E-state index is -1.02. The van der Waals surface area contributed by atoms with Crippen LogP contribution in [-0.4, -0.2) is 35.1 Å². The molecular formula is C22H20ClNO5. The number of aliphatic hydroxyl groups is 1. The number of carbonyl (C=O) groups is 2. The molecule has 0 bridgehead atoms. The number of fused-ring (bicyclic) bond motifs is 1. The zero-order valence-corrected chi connectivity index (χ0v) is 16.8. The fourth-order valence-corrected chi connectivity index (χ4v) is 3.28. The van der Waals surface area contributed by atoms with E-state index in [-0.39, 0.29) is 12.4 Å². The predicted octanol–water partition coefficient (Wildman–Crippen LogP) is 4.38. The summed E-state index contributed by atoms with van der Waals surface area (Å²) in [7, 11) is 1.52. The first-order valence-electron chi connectivity index (χ1n) is 8.97. The van der Waals surface area contributed by atoms with Crippen LogP contribution in [0.15, 0.2) is 54.7 Å². The molecule has 0 aliphatic carbocycles. The molecule has 0 spiro atoms. The van der Waals surface area contributed by atoms with E-state index in [4.69, 9.17) is 16.3 Å². The third-order valence-corrected chi connectivity index (χ3v) is 4.78. The lowest BCUT2D eigenvalue weighted by atomic mass is 10.1. The highest BCUT2D eigenvalue weighted by atomic mass is 35.5. The summed E-state index contributed by atoms with van der Waals surface area (Å²) in [6, 6.07) is 12.9. The molecule has 7 heteroatoms. The zero-order valence-electron chi connectivity index (χ0n) is 16.0. The Morgan fingerprint density at radius 2 is 1.93 bits per heavy atom. The number of esters is 1. The van der Waals surface area contributed by atoms with E-state index in [0.29, 0.717) is 28.3 Å². The molecule has 0 aliphatic heterocycles. The molecule has 6 nitrogen and oxygen atoms in total. The molecule has 29 heavy (non-hydrogen) atoms. The van der Waals surface area contributed by atoms with E-state index in [9.17, 15) is 14.7 Å². The van der Waals surface area contributed by atoms with Gasteiger partial charge in [-0.25, -0.2) is 4.79 Å². The van der Waals surface area contributed by atoms with Crippen LogP contribution in [0.4, 0.5) is 0 Å². The highest BCUT2D eigenvalue weighted by Crippen LogP contribution is 2.34. The van der Waals surface area contributed by atoms with Gasteiger partial charge < -0.3 is 19.1 Å². The first-order chi connectivity index (χ1) is 14.0. The maximum atomic E-state index is 12.0. The molecule has 0 saturated heterocycles. The highest BCUT2D eigenvalue weighted by molar-refractivity contribution is 6.39. The van der Waals surface area contributed by atoms with E-state index >= 15 is 0 Å². The Bertz CT molecular complexity index is 1100. The van der Waals surface area contributed by atoms with Crippen LogP contribution in [0.5, 0.6) is 5.75 Å². The van der Waals surface area contributed by atoms with Crippen LogP contribution in [0, 0.1) is 0 Å². The van der Waals surface area contributed by atoms with Crippen molar-refractivity contribution in [2.45, 2.75) is 13.5 Å². The summed E-state index contributed by atoms with van der Waals surface area (Å²) in [6.07, 6.45) is 2.56. The number of ketones is 1. The van der Waals surface area contributed by atoms with Crippen molar-refractivity contribution < 1.29 is 24.2 Å². The molecule has 1 N–H and O–H groups in total. The molecule has 0 radical (unpaired) electrons. The number of ether oxygens (including phenoxy) is 2. The van der Waals surface area contributed by atoms with E-state index in [1.807, 2.05) is 34.9 Å². The smallest absolute Gasteiger partial charge is 0.379 e. The molecule has 0 fully saturated rings. The lowest BCUT2D eigenvalue weighted by Crippen LogP contribution is -2.15. The van der Waals surface area contributed by atoms with Crippen molar-refractivity contribution in [2.75, 3.05) is 13.7 Å². The van der Waals surface area contributed by atoms with Crippen molar-refractivity contribution >= 4 is 40.0 Å². The Balaban J connectivity index is 2.11. The highest BCUT2D eigenvalue weighted by Gasteiger charge is 2.19. The second-order valence-electron chi connectivity index (χ2n) is 6.23. The Hall–Kier alpha value is -3.25. The van der Waals surface area contributed by atoms with Crippen LogP contribution < -0.4 is 4.74 Å². The number of hydrogen-bond acceptors (Lipinski definition) is 5. The summed E-state index contributed by atoms with van der Waals surface area (Å²) in [6.45, 7) is 2.12. The van der Waals surface area contributed by atoms with Gasteiger partial charge in [0.15, 0.2) is 0 Å². The average Bonchev–Trinajstić information content (AvgIpc) is 3.08. The summed E-state index contributed by atoms with van der Waals surface area (Å²) in [4.78, 5) is 23.6. The summed E-state index contributed by atoms with van der Waals surface area (Å²) in [5, 5.41) is 11.8. The Morgan fingerprint density at radius 3 is 2.62 bits per heavy atom. The second-order valence-corrected chi connectivity index (χ2v) is 6.64. The van der Waals surface area contributed by atoms with Crippen molar-refractivity contribution in [3.8, 4) is 5.75 Å². The van der Waals surface area contributed by atoms with Crippen molar-refractivity contribution in [1.82, 2.24) is 4.57 Å². The van der Waals surface area contributed by atoms with Gasteiger partial charge in [0.2, 0.25) is 0 Å². The molecule has 3 aromatic rings. The summed E-state index contributed by atoms with van der Waals surface area (Å²) in [5.74, 6) is -1.79. The first kappa shape index (κ1) is 20.5. The first-order valence-corrected chi connectivity index (χ1v) is 9.35. The third kappa shape index (κ3) is 4.27. The van der Waals surface area contributed by atoms with Gasteiger partial charge >= 0.3 is 5.97 Å². The lowest BCUT2D eigenvalue weighted by molar-refractivity contribution is -0.151. The minimum Gasteiger partial charge on any atom is -0.507 e. The quantitative estimate of drug-likeness (QED) is 0.269. The number of rotatable bonds is 7. The fourth-order valence-electron chi connectivity index (χ4n) is 3.09. The van der Waals surface area contributed by atoms with Crippen LogP contribution in [-0.2, 0) is 20.9 Å². The number of carbonyl (C=O) groups excluding carboxylic acids is 2. The molecular weight excluding hydrogens is 394 g/mol. The summed E-state index contributed by atoms with van der Waals surface area (Å²) in [5.41, 5.74) is 2.04. The molecule has 0 aliphatic rings. The van der Waals surface area contributed by atoms with Gasteiger partial charge in [-0.3, -0.25) is 4.79 Å². The summed E-state index contributed by atoms with van der Waals surface area (Å²) < 4.78 is 12.0. The molecule has 0 amide bonds. The number of aliphatic hydroxyl groups excluding tert-OH is 1. The molecule has 2 aromatic carbocycles. The van der Waals surface area contributed by atoms with Crippen molar-refractivity contribution in [3.05, 3.63) is 70.9 Å². The Labute approximate surface area is 172 Å². The van der Waals surface area contributed by atoms with Crippen LogP contribution in [0.1, 0.15) is 18.1 Å². The van der Waals surface area contributed by atoms with Crippen molar-refractivity contribution in [2.24, 2.45) is 0 Å². The van der Waals surface area contributed by atoms with Crippen molar-refractivity contribution in [3.63, 3.8) is 0 Å². The monoisotopic (exact) mass is 413 g/mol. The zero-order chi connectivity index (χ0) is 21.0. The maximum absolute atomic E-state index is 12.0. The number of halogens is 1. The van der Waals surface area contributed by atoms with Gasteiger partial charge in [-0.15, -0.1) is 0 Å². The number of hydrogen-bond donors (Lipinski definition) is 1. The molecule has 3 rings (SSSR count). The van der Waals surface area contributed by atoms with Crippen LogP contribution in [0.3, 0.4) is 0 Å². The van der Waals surface area contributed by atoms with E-state index < -0.39 is 11.8 Å². The number of benzene rings is 2. The average molecular weight is 414 g/mol. The van der Waals surface area contributed by atoms with Gasteiger partial charge in [-0.1, -0.05) is 35.9 Å². The molecule has 150 valence electrons. The van der Waals surface area contributed by atoms with Gasteiger partial charge in [0.05, 0.1) is 24.6 Å². The normalized spacial score (nSPS) is 11.5. The second kappa shape index (κ2) is 8.84. The van der Waals surface area contributed by atoms with Gasteiger partial charge in [0.1, 0.15) is 11.5 Å². The third-order valence-electron chi connectivity index (χ3n) is 4.41. The van der Waals surface area contributed by atoms with E-state index in [1.54, 1.807) is 25.3 Å². The predicted molar refractivity (Wildman–Crippen MR) is 111 cm³/mol. The van der Waals surface area contributed by atoms with Crippen LogP contribution >= 0.6 is 11.6 Å². The van der Waals surface area contributed by atoms with Gasteiger partial charge in [-0.05, 0) is 30.7 Å². The van der Waals surface area contributed by atoms with E-state index in [0.717, 1.165) is 17.2 Å². The van der Waals surface area contributed by atoms with Crippen molar-refractivity contribution in [1.29, 1.82) is 0 Å². The number of aromatic nitrogens is 1.